The summed E-state index contributed by atoms with van der Waals surface area (Å²) in [6.45, 7) is -0.540. The molecule has 2 heterocycles. The number of nitrogens with zero attached hydrogens (tertiary/aromatic N) is 2. The SMILES string of the molecule is O=c1[nH]cnc(NC2O[C@H](CO)[C@@H](O)[C@H]2O)c1[N+](=O)[O-]. The zero-order valence-electron chi connectivity index (χ0n) is 9.96. The highest BCUT2D eigenvalue weighted by atomic mass is 16.6. The average molecular weight is 288 g/mol. The first-order chi connectivity index (χ1) is 9.45. The van der Waals surface area contributed by atoms with E-state index in [1.54, 1.807) is 0 Å². The number of rotatable bonds is 4. The molecule has 1 aromatic rings. The van der Waals surface area contributed by atoms with Crippen molar-refractivity contribution in [1.82, 2.24) is 9.97 Å². The Labute approximate surface area is 111 Å². The van der Waals surface area contributed by atoms with E-state index >= 15 is 0 Å². The predicted molar refractivity (Wildman–Crippen MR) is 62.9 cm³/mol. The third-order valence-electron chi connectivity index (χ3n) is 2.83. The van der Waals surface area contributed by atoms with Crippen LogP contribution < -0.4 is 10.9 Å². The number of nitro groups is 1. The van der Waals surface area contributed by atoms with Crippen LogP contribution in [0.25, 0.3) is 0 Å². The van der Waals surface area contributed by atoms with Crippen molar-refractivity contribution in [3.05, 3.63) is 26.8 Å². The molecule has 2 rings (SSSR count). The standard InChI is InChI=1S/C9H12N4O7/c14-1-3-5(15)6(16)9(20-3)12-7-4(13(18)19)8(17)11-2-10-7/h2-3,5-6,9,14-16H,1H2,(H2,10,11,12,17)/t3-,5-,6-,9?/m1/s1. The van der Waals surface area contributed by atoms with Gasteiger partial charge in [0, 0.05) is 0 Å². The van der Waals surface area contributed by atoms with Crippen LogP contribution >= 0.6 is 0 Å². The lowest BCUT2D eigenvalue weighted by Gasteiger charge is -2.16. The van der Waals surface area contributed by atoms with Crippen molar-refractivity contribution < 1.29 is 25.0 Å². The third kappa shape index (κ3) is 2.46. The van der Waals surface area contributed by atoms with Gasteiger partial charge in [-0.1, -0.05) is 0 Å². The van der Waals surface area contributed by atoms with E-state index in [-0.39, 0.29) is 0 Å². The van der Waals surface area contributed by atoms with Crippen molar-refractivity contribution >= 4 is 11.5 Å². The van der Waals surface area contributed by atoms with E-state index in [9.17, 15) is 25.1 Å². The minimum atomic E-state index is -1.44. The molecule has 0 spiro atoms. The van der Waals surface area contributed by atoms with Crippen molar-refractivity contribution in [2.24, 2.45) is 0 Å². The molecule has 0 radical (unpaired) electrons. The Morgan fingerprint density at radius 2 is 2.20 bits per heavy atom. The monoisotopic (exact) mass is 288 g/mol. The van der Waals surface area contributed by atoms with Crippen molar-refractivity contribution in [2.75, 3.05) is 11.9 Å². The molecule has 0 aromatic carbocycles. The van der Waals surface area contributed by atoms with Gasteiger partial charge < -0.3 is 30.4 Å². The number of hydrogen-bond donors (Lipinski definition) is 5. The van der Waals surface area contributed by atoms with Crippen LogP contribution in [0.1, 0.15) is 0 Å². The summed E-state index contributed by atoms with van der Waals surface area (Å²) in [4.78, 5) is 26.8. The van der Waals surface area contributed by atoms with Crippen LogP contribution in [-0.2, 0) is 4.74 Å². The lowest BCUT2D eigenvalue weighted by Crippen LogP contribution is -2.37. The number of anilines is 1. The molecule has 1 saturated heterocycles. The highest BCUT2D eigenvalue weighted by Gasteiger charge is 2.43. The number of aliphatic hydroxyl groups is 3. The van der Waals surface area contributed by atoms with E-state index in [4.69, 9.17) is 9.84 Å². The van der Waals surface area contributed by atoms with Gasteiger partial charge in [0.1, 0.15) is 18.3 Å². The smallest absolute Gasteiger partial charge is 0.375 e. The number of H-pyrrole nitrogens is 1. The lowest BCUT2D eigenvalue weighted by atomic mass is 10.1. The molecule has 1 unspecified atom stereocenters. The predicted octanol–water partition coefficient (Wildman–Crippen LogP) is -2.47. The van der Waals surface area contributed by atoms with Crippen molar-refractivity contribution in [2.45, 2.75) is 24.5 Å². The molecule has 110 valence electrons. The Morgan fingerprint density at radius 3 is 2.75 bits per heavy atom. The number of aromatic amines is 1. The van der Waals surface area contributed by atoms with Gasteiger partial charge in [-0.3, -0.25) is 14.9 Å². The van der Waals surface area contributed by atoms with Gasteiger partial charge in [0.2, 0.25) is 5.82 Å². The first-order valence-corrected chi connectivity index (χ1v) is 5.56. The second-order valence-corrected chi connectivity index (χ2v) is 4.09. The van der Waals surface area contributed by atoms with Crippen LogP contribution in [0, 0.1) is 10.1 Å². The first-order valence-electron chi connectivity index (χ1n) is 5.56. The van der Waals surface area contributed by atoms with Gasteiger partial charge in [0.05, 0.1) is 17.9 Å². The maximum Gasteiger partial charge on any atom is 0.375 e. The summed E-state index contributed by atoms with van der Waals surface area (Å²) in [6.07, 6.45) is -4.14. The van der Waals surface area contributed by atoms with Gasteiger partial charge >= 0.3 is 11.2 Å². The molecule has 1 aliphatic rings. The fraction of sp³-hybridized carbons (Fsp3) is 0.556. The fourth-order valence-electron chi connectivity index (χ4n) is 1.82. The first kappa shape index (κ1) is 14.3. The van der Waals surface area contributed by atoms with Crippen LogP contribution in [0.4, 0.5) is 11.5 Å². The molecule has 1 aromatic heterocycles. The Bertz CT molecular complexity index is 561. The summed E-state index contributed by atoms with van der Waals surface area (Å²) in [7, 11) is 0. The molecular formula is C9H12N4O7. The molecule has 0 aliphatic carbocycles. The van der Waals surface area contributed by atoms with Crippen molar-refractivity contribution in [1.29, 1.82) is 0 Å². The van der Waals surface area contributed by atoms with Gasteiger partial charge in [0.15, 0.2) is 6.23 Å². The van der Waals surface area contributed by atoms with Crippen LogP contribution in [0.2, 0.25) is 0 Å². The second-order valence-electron chi connectivity index (χ2n) is 4.09. The Hall–Kier alpha value is -2.08. The van der Waals surface area contributed by atoms with E-state index in [0.29, 0.717) is 0 Å². The van der Waals surface area contributed by atoms with Gasteiger partial charge in [-0.25, -0.2) is 4.98 Å². The van der Waals surface area contributed by atoms with E-state index in [1.165, 1.54) is 0 Å². The van der Waals surface area contributed by atoms with Gasteiger partial charge in [0.25, 0.3) is 0 Å². The number of nitrogens with one attached hydrogen (secondary N) is 2. The molecule has 11 nitrogen and oxygen atoms in total. The van der Waals surface area contributed by atoms with E-state index in [0.717, 1.165) is 6.33 Å². The minimum Gasteiger partial charge on any atom is -0.394 e. The maximum absolute atomic E-state index is 11.4. The highest BCUT2D eigenvalue weighted by Crippen LogP contribution is 2.24. The van der Waals surface area contributed by atoms with Gasteiger partial charge in [-0.05, 0) is 0 Å². The van der Waals surface area contributed by atoms with Crippen LogP contribution in [-0.4, -0.2) is 61.4 Å². The van der Waals surface area contributed by atoms with Crippen molar-refractivity contribution in [3.8, 4) is 0 Å². The van der Waals surface area contributed by atoms with Gasteiger partial charge in [-0.15, -0.1) is 0 Å². The summed E-state index contributed by atoms with van der Waals surface area (Å²) in [5.74, 6) is -0.409. The van der Waals surface area contributed by atoms with Crippen LogP contribution in [0.3, 0.4) is 0 Å². The molecule has 11 heteroatoms. The Balaban J connectivity index is 2.25. The zero-order valence-corrected chi connectivity index (χ0v) is 9.96. The molecule has 0 bridgehead atoms. The molecule has 5 N–H and O–H groups in total. The lowest BCUT2D eigenvalue weighted by molar-refractivity contribution is -0.385. The fourth-order valence-corrected chi connectivity index (χ4v) is 1.82. The zero-order chi connectivity index (χ0) is 14.9. The van der Waals surface area contributed by atoms with E-state index in [2.05, 4.69) is 10.3 Å². The summed E-state index contributed by atoms with van der Waals surface area (Å²) in [5.41, 5.74) is -1.82. The largest absolute Gasteiger partial charge is 0.394 e. The quantitative estimate of drug-likeness (QED) is 0.297. The molecule has 1 aliphatic heterocycles. The summed E-state index contributed by atoms with van der Waals surface area (Å²) in [5, 5.41) is 41.3. The topological polar surface area (TPSA) is 171 Å². The third-order valence-corrected chi connectivity index (χ3v) is 2.83. The molecule has 0 amide bonds. The summed E-state index contributed by atoms with van der Waals surface area (Å²) >= 11 is 0. The van der Waals surface area contributed by atoms with Gasteiger partial charge in [-0.2, -0.15) is 0 Å². The molecule has 0 saturated carbocycles. The van der Waals surface area contributed by atoms with E-state index < -0.39 is 53.1 Å². The summed E-state index contributed by atoms with van der Waals surface area (Å²) < 4.78 is 5.08. The Morgan fingerprint density at radius 1 is 1.50 bits per heavy atom. The Kier molecular flexibility index (Phi) is 3.94. The number of hydrogen-bond acceptors (Lipinski definition) is 9. The number of ether oxygens (including phenoxy) is 1. The summed E-state index contributed by atoms with van der Waals surface area (Å²) in [6, 6.07) is 0. The average Bonchev–Trinajstić information content (AvgIpc) is 2.66. The highest BCUT2D eigenvalue weighted by molar-refractivity contribution is 5.54. The minimum absolute atomic E-state index is 0.409. The molecule has 1 fully saturated rings. The molecule has 20 heavy (non-hydrogen) atoms. The van der Waals surface area contributed by atoms with Crippen LogP contribution in [0.5, 0.6) is 0 Å². The second kappa shape index (κ2) is 5.50. The number of aliphatic hydroxyl groups excluding tert-OH is 3. The van der Waals surface area contributed by atoms with E-state index in [1.807, 2.05) is 4.98 Å². The normalized spacial score (nSPS) is 29.4. The molecular weight excluding hydrogens is 276 g/mol. The maximum atomic E-state index is 11.4. The van der Waals surface area contributed by atoms with Crippen molar-refractivity contribution in [3.63, 3.8) is 0 Å². The van der Waals surface area contributed by atoms with Crippen LogP contribution in [0.15, 0.2) is 11.1 Å². The molecule has 4 atom stereocenters. The number of aromatic nitrogens is 2.